The Morgan fingerprint density at radius 2 is 2.00 bits per heavy atom. The zero-order chi connectivity index (χ0) is 14.3. The predicted molar refractivity (Wildman–Crippen MR) is 72.0 cm³/mol. The van der Waals surface area contributed by atoms with E-state index in [1.54, 1.807) is 18.2 Å². The lowest BCUT2D eigenvalue weighted by atomic mass is 10.2. The van der Waals surface area contributed by atoms with E-state index in [-0.39, 0.29) is 5.91 Å². The predicted octanol–water partition coefficient (Wildman–Crippen LogP) is 1.77. The van der Waals surface area contributed by atoms with Gasteiger partial charge in [-0.1, -0.05) is 18.2 Å². The topological polar surface area (TPSA) is 64.6 Å². The molecule has 0 aliphatic heterocycles. The number of hydrogen-bond acceptors (Lipinski definition) is 4. The molecule has 0 radical (unpaired) electrons. The maximum Gasteiger partial charge on any atom is 0.308 e. The highest BCUT2D eigenvalue weighted by molar-refractivity contribution is 5.73. The Hall–Kier alpha value is -2.30. The van der Waals surface area contributed by atoms with Crippen LogP contribution in [0.25, 0.3) is 6.08 Å². The Bertz CT molecular complexity index is 494. The highest BCUT2D eigenvalue weighted by Crippen LogP contribution is 2.28. The van der Waals surface area contributed by atoms with Crippen LogP contribution >= 0.6 is 0 Å². The second-order valence-corrected chi connectivity index (χ2v) is 3.84. The maximum atomic E-state index is 10.9. The number of hydrogen-bond donors (Lipinski definition) is 1. The second-order valence-electron chi connectivity index (χ2n) is 3.84. The molecular weight excluding hydrogens is 246 g/mol. The number of ether oxygens (including phenoxy) is 2. The molecule has 0 bridgehead atoms. The second kappa shape index (κ2) is 7.20. The molecule has 0 aromatic heterocycles. The van der Waals surface area contributed by atoms with Crippen molar-refractivity contribution in [1.82, 2.24) is 5.32 Å². The van der Waals surface area contributed by atoms with Gasteiger partial charge in [0.2, 0.25) is 5.91 Å². The number of carbonyl (C=O) groups is 2. The average molecular weight is 263 g/mol. The van der Waals surface area contributed by atoms with Crippen LogP contribution in [0.4, 0.5) is 0 Å². The Morgan fingerprint density at radius 1 is 1.26 bits per heavy atom. The highest BCUT2D eigenvalue weighted by atomic mass is 16.6. The van der Waals surface area contributed by atoms with E-state index >= 15 is 0 Å². The smallest absolute Gasteiger partial charge is 0.308 e. The van der Waals surface area contributed by atoms with Gasteiger partial charge in [-0.25, -0.2) is 0 Å². The van der Waals surface area contributed by atoms with Crippen LogP contribution in [0.3, 0.4) is 0 Å². The molecule has 1 N–H and O–H groups in total. The number of amides is 1. The highest BCUT2D eigenvalue weighted by Gasteiger charge is 2.06. The maximum absolute atomic E-state index is 10.9. The summed E-state index contributed by atoms with van der Waals surface area (Å²) in [6.45, 7) is 3.26. The van der Waals surface area contributed by atoms with Gasteiger partial charge in [-0.05, 0) is 17.7 Å². The number of carbonyl (C=O) groups excluding carboxylic acids is 2. The fourth-order valence-corrected chi connectivity index (χ4v) is 1.42. The van der Waals surface area contributed by atoms with Gasteiger partial charge < -0.3 is 14.8 Å². The molecule has 1 rings (SSSR count). The Balaban J connectivity index is 2.76. The van der Waals surface area contributed by atoms with E-state index in [1.807, 2.05) is 12.2 Å². The minimum absolute atomic E-state index is 0.0764. The van der Waals surface area contributed by atoms with Crippen LogP contribution in [0.5, 0.6) is 11.5 Å². The van der Waals surface area contributed by atoms with E-state index < -0.39 is 5.97 Å². The molecule has 0 saturated heterocycles. The first-order valence-electron chi connectivity index (χ1n) is 5.80. The van der Waals surface area contributed by atoms with Crippen molar-refractivity contribution in [1.29, 1.82) is 0 Å². The zero-order valence-electron chi connectivity index (χ0n) is 11.2. The summed E-state index contributed by atoms with van der Waals surface area (Å²) in [7, 11) is 1.51. The Morgan fingerprint density at radius 3 is 2.58 bits per heavy atom. The van der Waals surface area contributed by atoms with Gasteiger partial charge in [0.25, 0.3) is 0 Å². The van der Waals surface area contributed by atoms with Gasteiger partial charge in [0.15, 0.2) is 11.5 Å². The molecule has 0 atom stereocenters. The summed E-state index contributed by atoms with van der Waals surface area (Å²) in [5.74, 6) is 0.394. The molecule has 5 nitrogen and oxygen atoms in total. The summed E-state index contributed by atoms with van der Waals surface area (Å²) in [6, 6.07) is 5.21. The molecule has 0 spiro atoms. The van der Waals surface area contributed by atoms with Crippen molar-refractivity contribution in [2.75, 3.05) is 13.7 Å². The zero-order valence-corrected chi connectivity index (χ0v) is 11.2. The molecule has 1 aromatic carbocycles. The largest absolute Gasteiger partial charge is 0.493 e. The molecule has 5 heteroatoms. The van der Waals surface area contributed by atoms with E-state index in [9.17, 15) is 9.59 Å². The van der Waals surface area contributed by atoms with E-state index in [0.717, 1.165) is 5.56 Å². The first-order valence-corrected chi connectivity index (χ1v) is 5.80. The Labute approximate surface area is 112 Å². The minimum atomic E-state index is -0.396. The summed E-state index contributed by atoms with van der Waals surface area (Å²) in [5, 5.41) is 2.66. The van der Waals surface area contributed by atoms with Crippen LogP contribution in [0.2, 0.25) is 0 Å². The molecule has 19 heavy (non-hydrogen) atoms. The van der Waals surface area contributed by atoms with Crippen LogP contribution in [-0.2, 0) is 9.59 Å². The van der Waals surface area contributed by atoms with Crippen molar-refractivity contribution in [2.24, 2.45) is 0 Å². The Kier molecular flexibility index (Phi) is 5.60. The number of methoxy groups -OCH3 is 1. The van der Waals surface area contributed by atoms with Crippen LogP contribution in [-0.4, -0.2) is 25.5 Å². The van der Waals surface area contributed by atoms with Crippen molar-refractivity contribution in [3.8, 4) is 11.5 Å². The first kappa shape index (κ1) is 14.8. The average Bonchev–Trinajstić information content (AvgIpc) is 2.35. The molecule has 1 amide bonds. The van der Waals surface area contributed by atoms with Crippen molar-refractivity contribution < 1.29 is 19.1 Å². The fraction of sp³-hybridized carbons (Fsp3) is 0.286. The number of nitrogens with one attached hydrogen (secondary N) is 1. The van der Waals surface area contributed by atoms with Crippen molar-refractivity contribution >= 4 is 18.0 Å². The number of benzene rings is 1. The standard InChI is InChI=1S/C14H17NO4/c1-10(16)15-8-4-5-12-6-7-13(19-11(2)17)14(9-12)18-3/h4-7,9H,8H2,1-3H3,(H,15,16). The van der Waals surface area contributed by atoms with Gasteiger partial charge in [-0.15, -0.1) is 0 Å². The number of rotatable bonds is 5. The molecule has 0 saturated carbocycles. The molecule has 1 aromatic rings. The molecule has 0 aliphatic rings. The van der Waals surface area contributed by atoms with Crippen molar-refractivity contribution in [3.63, 3.8) is 0 Å². The third kappa shape index (κ3) is 5.25. The van der Waals surface area contributed by atoms with Crippen LogP contribution in [0, 0.1) is 0 Å². The van der Waals surface area contributed by atoms with E-state index in [2.05, 4.69) is 5.32 Å². The van der Waals surface area contributed by atoms with Crippen molar-refractivity contribution in [3.05, 3.63) is 29.8 Å². The van der Waals surface area contributed by atoms with Gasteiger partial charge in [0.1, 0.15) is 0 Å². The lowest BCUT2D eigenvalue weighted by molar-refractivity contribution is -0.132. The minimum Gasteiger partial charge on any atom is -0.493 e. The lowest BCUT2D eigenvalue weighted by Crippen LogP contribution is -2.19. The van der Waals surface area contributed by atoms with E-state index in [4.69, 9.17) is 9.47 Å². The van der Waals surface area contributed by atoms with Gasteiger partial charge in [-0.3, -0.25) is 9.59 Å². The van der Waals surface area contributed by atoms with Gasteiger partial charge in [0.05, 0.1) is 7.11 Å². The molecule has 0 aliphatic carbocycles. The van der Waals surface area contributed by atoms with Crippen LogP contribution < -0.4 is 14.8 Å². The summed E-state index contributed by atoms with van der Waals surface area (Å²) in [4.78, 5) is 21.6. The van der Waals surface area contributed by atoms with Gasteiger partial charge >= 0.3 is 5.97 Å². The third-order valence-electron chi connectivity index (χ3n) is 2.22. The SMILES string of the molecule is COc1cc(C=CCNC(C)=O)ccc1OC(C)=O. The molecule has 0 fully saturated rings. The van der Waals surface area contributed by atoms with Crippen LogP contribution in [0.1, 0.15) is 19.4 Å². The quantitative estimate of drug-likeness (QED) is 0.649. The monoisotopic (exact) mass is 263 g/mol. The molecule has 102 valence electrons. The van der Waals surface area contributed by atoms with Gasteiger partial charge in [0, 0.05) is 20.4 Å². The summed E-state index contributed by atoms with van der Waals surface area (Å²) in [6.07, 6.45) is 3.66. The number of esters is 1. The van der Waals surface area contributed by atoms with E-state index in [0.29, 0.717) is 18.0 Å². The first-order chi connectivity index (χ1) is 9.02. The third-order valence-corrected chi connectivity index (χ3v) is 2.22. The van der Waals surface area contributed by atoms with Crippen molar-refractivity contribution in [2.45, 2.75) is 13.8 Å². The fourth-order valence-electron chi connectivity index (χ4n) is 1.42. The lowest BCUT2D eigenvalue weighted by Gasteiger charge is -2.08. The van der Waals surface area contributed by atoms with Gasteiger partial charge in [-0.2, -0.15) is 0 Å². The normalized spacial score (nSPS) is 10.3. The molecule has 0 unspecified atom stereocenters. The van der Waals surface area contributed by atoms with Crippen LogP contribution in [0.15, 0.2) is 24.3 Å². The molecular formula is C14H17NO4. The van der Waals surface area contributed by atoms with E-state index in [1.165, 1.54) is 21.0 Å². The summed E-state index contributed by atoms with van der Waals surface area (Å²) < 4.78 is 10.2. The summed E-state index contributed by atoms with van der Waals surface area (Å²) in [5.41, 5.74) is 0.887. The summed E-state index contributed by atoms with van der Waals surface area (Å²) >= 11 is 0. The molecule has 0 heterocycles.